The molecule has 24 heavy (non-hydrogen) atoms. The number of carbonyl (C=O) groups is 1. The van der Waals surface area contributed by atoms with Gasteiger partial charge in [-0.2, -0.15) is 0 Å². The minimum Gasteiger partial charge on any atom is -0.367 e. The molecule has 126 valence electrons. The summed E-state index contributed by atoms with van der Waals surface area (Å²) in [5.74, 6) is 0.446. The molecule has 1 aliphatic rings. The van der Waals surface area contributed by atoms with E-state index in [-0.39, 0.29) is 5.91 Å². The Hall–Kier alpha value is -2.14. The van der Waals surface area contributed by atoms with Gasteiger partial charge in [-0.1, -0.05) is 37.3 Å². The van der Waals surface area contributed by atoms with Crippen LogP contribution in [0.5, 0.6) is 0 Å². The lowest BCUT2D eigenvalue weighted by Crippen LogP contribution is -2.20. The van der Waals surface area contributed by atoms with Gasteiger partial charge in [0, 0.05) is 22.8 Å². The van der Waals surface area contributed by atoms with E-state index in [9.17, 15) is 4.79 Å². The number of hydrogen-bond donors (Lipinski definition) is 2. The fourth-order valence-corrected chi connectivity index (χ4v) is 3.05. The summed E-state index contributed by atoms with van der Waals surface area (Å²) < 4.78 is 0. The summed E-state index contributed by atoms with van der Waals surface area (Å²) in [6.07, 6.45) is 8.81. The maximum Gasteiger partial charge on any atom is 0.274 e. The fraction of sp³-hybridized carbons (Fsp3) is 0.389. The molecule has 3 rings (SSSR count). The highest BCUT2D eigenvalue weighted by molar-refractivity contribution is 6.30. The number of anilines is 2. The van der Waals surface area contributed by atoms with Gasteiger partial charge in [0.1, 0.15) is 17.8 Å². The Bertz CT molecular complexity index is 682. The van der Waals surface area contributed by atoms with Crippen molar-refractivity contribution in [3.8, 4) is 0 Å². The maximum atomic E-state index is 12.3. The molecule has 6 heteroatoms. The van der Waals surface area contributed by atoms with Gasteiger partial charge in [0.2, 0.25) is 0 Å². The predicted octanol–water partition coefficient (Wildman–Crippen LogP) is 4.52. The quantitative estimate of drug-likeness (QED) is 0.800. The summed E-state index contributed by atoms with van der Waals surface area (Å²) in [4.78, 5) is 20.7. The second kappa shape index (κ2) is 8.11. The fourth-order valence-electron chi connectivity index (χ4n) is 2.92. The summed E-state index contributed by atoms with van der Waals surface area (Å²) in [7, 11) is 0. The molecule has 0 aliphatic heterocycles. The average molecular weight is 345 g/mol. The van der Waals surface area contributed by atoms with Crippen LogP contribution in [0.25, 0.3) is 0 Å². The molecule has 5 nitrogen and oxygen atoms in total. The number of rotatable bonds is 4. The van der Waals surface area contributed by atoms with E-state index in [2.05, 4.69) is 20.6 Å². The second-order valence-electron chi connectivity index (χ2n) is 6.08. The van der Waals surface area contributed by atoms with Crippen LogP contribution in [0.2, 0.25) is 5.02 Å². The molecule has 0 unspecified atom stereocenters. The van der Waals surface area contributed by atoms with Gasteiger partial charge in [0.25, 0.3) is 5.91 Å². The molecule has 0 bridgehead atoms. The summed E-state index contributed by atoms with van der Waals surface area (Å²) >= 11 is 5.85. The lowest BCUT2D eigenvalue weighted by Gasteiger charge is -2.17. The monoisotopic (exact) mass is 344 g/mol. The molecule has 2 N–H and O–H groups in total. The molecular formula is C18H21ClN4O. The van der Waals surface area contributed by atoms with E-state index < -0.39 is 0 Å². The summed E-state index contributed by atoms with van der Waals surface area (Å²) in [5.41, 5.74) is 1.03. The number of carbonyl (C=O) groups excluding carboxylic acids is 1. The number of nitrogens with one attached hydrogen (secondary N) is 2. The SMILES string of the molecule is O=C(Nc1ccc(Cl)cc1)c1cc(NC2CCCCCC2)ncn1. The van der Waals surface area contributed by atoms with Gasteiger partial charge in [-0.3, -0.25) is 4.79 Å². The number of nitrogens with zero attached hydrogens (tertiary/aromatic N) is 2. The Labute approximate surface area is 146 Å². The molecule has 1 aliphatic carbocycles. The summed E-state index contributed by atoms with van der Waals surface area (Å²) in [5, 5.41) is 6.88. The van der Waals surface area contributed by atoms with E-state index in [1.165, 1.54) is 32.0 Å². The molecule has 1 saturated carbocycles. The van der Waals surface area contributed by atoms with E-state index in [0.29, 0.717) is 28.3 Å². The van der Waals surface area contributed by atoms with Crippen molar-refractivity contribution in [2.75, 3.05) is 10.6 Å². The van der Waals surface area contributed by atoms with Crippen LogP contribution in [0, 0.1) is 0 Å². The van der Waals surface area contributed by atoms with Crippen LogP contribution in [-0.4, -0.2) is 21.9 Å². The molecule has 1 fully saturated rings. The second-order valence-corrected chi connectivity index (χ2v) is 6.52. The molecule has 0 saturated heterocycles. The minimum absolute atomic E-state index is 0.261. The van der Waals surface area contributed by atoms with Crippen LogP contribution in [0.15, 0.2) is 36.7 Å². The van der Waals surface area contributed by atoms with Crippen molar-refractivity contribution in [2.24, 2.45) is 0 Å². The first-order chi connectivity index (χ1) is 11.7. The van der Waals surface area contributed by atoms with Crippen LogP contribution in [0.4, 0.5) is 11.5 Å². The smallest absolute Gasteiger partial charge is 0.274 e. The first-order valence-corrected chi connectivity index (χ1v) is 8.74. The number of benzene rings is 1. The third-order valence-corrected chi connectivity index (χ3v) is 4.46. The standard InChI is InChI=1S/C18H21ClN4O/c19-13-7-9-15(10-8-13)23-18(24)16-11-17(21-12-20-16)22-14-5-3-1-2-4-6-14/h7-12,14H,1-6H2,(H,23,24)(H,20,21,22). The summed E-state index contributed by atoms with van der Waals surface area (Å²) in [6, 6.07) is 9.11. The minimum atomic E-state index is -0.261. The van der Waals surface area contributed by atoms with Crippen molar-refractivity contribution < 1.29 is 4.79 Å². The molecule has 2 aromatic rings. The van der Waals surface area contributed by atoms with Crippen molar-refractivity contribution in [1.82, 2.24) is 9.97 Å². The van der Waals surface area contributed by atoms with E-state index in [1.807, 2.05) is 0 Å². The van der Waals surface area contributed by atoms with Crippen molar-refractivity contribution in [2.45, 2.75) is 44.6 Å². The van der Waals surface area contributed by atoms with E-state index in [0.717, 1.165) is 12.8 Å². The number of aromatic nitrogens is 2. The molecule has 1 aromatic carbocycles. The first kappa shape index (κ1) is 16.7. The van der Waals surface area contributed by atoms with E-state index >= 15 is 0 Å². The number of hydrogen-bond acceptors (Lipinski definition) is 4. The lowest BCUT2D eigenvalue weighted by molar-refractivity contribution is 0.102. The third-order valence-electron chi connectivity index (χ3n) is 4.21. The molecule has 0 atom stereocenters. The van der Waals surface area contributed by atoms with Crippen molar-refractivity contribution in [3.63, 3.8) is 0 Å². The van der Waals surface area contributed by atoms with Crippen LogP contribution < -0.4 is 10.6 Å². The third kappa shape index (κ3) is 4.68. The highest BCUT2D eigenvalue weighted by atomic mass is 35.5. The highest BCUT2D eigenvalue weighted by Crippen LogP contribution is 2.20. The van der Waals surface area contributed by atoms with Gasteiger partial charge in [0.15, 0.2) is 0 Å². The van der Waals surface area contributed by atoms with Crippen LogP contribution >= 0.6 is 11.6 Å². The number of halogens is 1. The Balaban J connectivity index is 1.65. The topological polar surface area (TPSA) is 66.9 Å². The highest BCUT2D eigenvalue weighted by Gasteiger charge is 2.14. The van der Waals surface area contributed by atoms with Gasteiger partial charge in [-0.25, -0.2) is 9.97 Å². The summed E-state index contributed by atoms with van der Waals surface area (Å²) in [6.45, 7) is 0. The Morgan fingerprint density at radius 2 is 1.75 bits per heavy atom. The van der Waals surface area contributed by atoms with Crippen molar-refractivity contribution in [3.05, 3.63) is 47.4 Å². The Morgan fingerprint density at radius 3 is 2.46 bits per heavy atom. The Morgan fingerprint density at radius 1 is 1.04 bits per heavy atom. The molecule has 1 amide bonds. The normalized spacial score (nSPS) is 15.5. The Kier molecular flexibility index (Phi) is 5.64. The van der Waals surface area contributed by atoms with Gasteiger partial charge in [-0.15, -0.1) is 0 Å². The van der Waals surface area contributed by atoms with Crippen LogP contribution in [-0.2, 0) is 0 Å². The molecular weight excluding hydrogens is 324 g/mol. The van der Waals surface area contributed by atoms with Gasteiger partial charge in [-0.05, 0) is 37.1 Å². The largest absolute Gasteiger partial charge is 0.367 e. The van der Waals surface area contributed by atoms with E-state index in [1.54, 1.807) is 30.3 Å². The van der Waals surface area contributed by atoms with Gasteiger partial charge >= 0.3 is 0 Å². The number of amides is 1. The zero-order chi connectivity index (χ0) is 16.8. The van der Waals surface area contributed by atoms with Gasteiger partial charge in [0.05, 0.1) is 0 Å². The molecule has 0 radical (unpaired) electrons. The zero-order valence-corrected chi connectivity index (χ0v) is 14.2. The molecule has 1 aromatic heterocycles. The van der Waals surface area contributed by atoms with Crippen molar-refractivity contribution in [1.29, 1.82) is 0 Å². The zero-order valence-electron chi connectivity index (χ0n) is 13.5. The van der Waals surface area contributed by atoms with Gasteiger partial charge < -0.3 is 10.6 Å². The van der Waals surface area contributed by atoms with Crippen LogP contribution in [0.1, 0.15) is 49.0 Å². The lowest BCUT2D eigenvalue weighted by atomic mass is 10.1. The van der Waals surface area contributed by atoms with Crippen LogP contribution in [0.3, 0.4) is 0 Å². The predicted molar refractivity (Wildman–Crippen MR) is 96.5 cm³/mol. The first-order valence-electron chi connectivity index (χ1n) is 8.36. The molecule has 1 heterocycles. The molecule has 0 spiro atoms. The van der Waals surface area contributed by atoms with E-state index in [4.69, 9.17) is 11.6 Å². The van der Waals surface area contributed by atoms with Crippen molar-refractivity contribution >= 4 is 29.0 Å². The maximum absolute atomic E-state index is 12.3. The average Bonchev–Trinajstić information content (AvgIpc) is 2.86.